The summed E-state index contributed by atoms with van der Waals surface area (Å²) in [5.41, 5.74) is 1.83. The summed E-state index contributed by atoms with van der Waals surface area (Å²) in [5.74, 6) is 0.536. The number of hydrogen-bond donors (Lipinski definition) is 0. The van der Waals surface area contributed by atoms with Crippen molar-refractivity contribution in [2.75, 3.05) is 6.61 Å². The second-order valence-electron chi connectivity index (χ2n) is 4.22. The van der Waals surface area contributed by atoms with Crippen molar-refractivity contribution in [2.24, 2.45) is 0 Å². The molecule has 0 saturated carbocycles. The molecule has 0 aromatic carbocycles. The number of aryl methyl sites for hydroxylation is 1. The Morgan fingerprint density at radius 2 is 2.21 bits per heavy atom. The minimum Gasteiger partial charge on any atom is -0.492 e. The fraction of sp³-hybridized carbons (Fsp3) is 0.267. The number of ketones is 1. The maximum absolute atomic E-state index is 12.4. The molecule has 0 atom stereocenters. The fourth-order valence-electron chi connectivity index (χ4n) is 1.72. The van der Waals surface area contributed by atoms with E-state index in [9.17, 15) is 4.79 Å². The molecule has 0 amide bonds. The fourth-order valence-corrected chi connectivity index (χ4v) is 1.72. The molecule has 4 nitrogen and oxygen atoms in total. The Balaban J connectivity index is 2.27. The topological polar surface area (TPSA) is 52.1 Å². The van der Waals surface area contributed by atoms with Gasteiger partial charge in [0.25, 0.3) is 0 Å². The SMILES string of the molecule is CCCOc1cncc(C(=O)c2cccnc2C)c1. The first-order valence-corrected chi connectivity index (χ1v) is 6.26. The molecule has 0 radical (unpaired) electrons. The third-order valence-corrected chi connectivity index (χ3v) is 2.70. The van der Waals surface area contributed by atoms with Crippen LogP contribution in [0.3, 0.4) is 0 Å². The molecule has 2 rings (SSSR count). The van der Waals surface area contributed by atoms with E-state index in [1.807, 2.05) is 13.8 Å². The lowest BCUT2D eigenvalue weighted by Crippen LogP contribution is -2.06. The monoisotopic (exact) mass is 256 g/mol. The van der Waals surface area contributed by atoms with E-state index in [0.717, 1.165) is 6.42 Å². The number of carbonyl (C=O) groups excluding carboxylic acids is 1. The first kappa shape index (κ1) is 13.2. The van der Waals surface area contributed by atoms with Gasteiger partial charge in [0, 0.05) is 29.2 Å². The zero-order valence-electron chi connectivity index (χ0n) is 11.1. The Morgan fingerprint density at radius 3 is 2.95 bits per heavy atom. The number of rotatable bonds is 5. The standard InChI is InChI=1S/C15H16N2O2/c1-3-7-19-13-8-12(9-16-10-13)15(18)14-5-4-6-17-11(14)2/h4-6,8-10H,3,7H2,1-2H3. The molecular formula is C15H16N2O2. The Bertz CT molecular complexity index is 582. The van der Waals surface area contributed by atoms with Crippen LogP contribution in [-0.2, 0) is 0 Å². The van der Waals surface area contributed by atoms with E-state index in [-0.39, 0.29) is 5.78 Å². The van der Waals surface area contributed by atoms with Crippen LogP contribution < -0.4 is 4.74 Å². The summed E-state index contributed by atoms with van der Waals surface area (Å²) in [6, 6.07) is 5.24. The Kier molecular flexibility index (Phi) is 4.23. The van der Waals surface area contributed by atoms with Gasteiger partial charge in [-0.3, -0.25) is 14.8 Å². The van der Waals surface area contributed by atoms with Crippen LogP contribution in [0, 0.1) is 6.92 Å². The molecular weight excluding hydrogens is 240 g/mol. The van der Waals surface area contributed by atoms with Crippen molar-refractivity contribution >= 4 is 5.78 Å². The largest absolute Gasteiger partial charge is 0.492 e. The van der Waals surface area contributed by atoms with Crippen molar-refractivity contribution < 1.29 is 9.53 Å². The van der Waals surface area contributed by atoms with Crippen molar-refractivity contribution in [2.45, 2.75) is 20.3 Å². The van der Waals surface area contributed by atoms with Crippen LogP contribution in [0.15, 0.2) is 36.8 Å². The van der Waals surface area contributed by atoms with Gasteiger partial charge in [-0.05, 0) is 31.5 Å². The summed E-state index contributed by atoms with van der Waals surface area (Å²) in [4.78, 5) is 20.5. The van der Waals surface area contributed by atoms with Gasteiger partial charge in [0.05, 0.1) is 12.8 Å². The maximum Gasteiger partial charge on any atom is 0.196 e. The predicted molar refractivity (Wildman–Crippen MR) is 72.4 cm³/mol. The molecule has 0 fully saturated rings. The van der Waals surface area contributed by atoms with Crippen LogP contribution in [0.5, 0.6) is 5.75 Å². The third-order valence-electron chi connectivity index (χ3n) is 2.70. The average Bonchev–Trinajstić information content (AvgIpc) is 2.45. The van der Waals surface area contributed by atoms with Gasteiger partial charge < -0.3 is 4.74 Å². The van der Waals surface area contributed by atoms with Gasteiger partial charge in [-0.25, -0.2) is 0 Å². The predicted octanol–water partition coefficient (Wildman–Crippen LogP) is 2.80. The zero-order chi connectivity index (χ0) is 13.7. The van der Waals surface area contributed by atoms with Crippen molar-refractivity contribution in [3.63, 3.8) is 0 Å². The second kappa shape index (κ2) is 6.09. The van der Waals surface area contributed by atoms with E-state index < -0.39 is 0 Å². The number of hydrogen-bond acceptors (Lipinski definition) is 4. The zero-order valence-corrected chi connectivity index (χ0v) is 11.1. The minimum atomic E-state index is -0.0833. The van der Waals surface area contributed by atoms with Crippen LogP contribution in [0.4, 0.5) is 0 Å². The quantitative estimate of drug-likeness (QED) is 0.772. The molecule has 0 bridgehead atoms. The minimum absolute atomic E-state index is 0.0833. The normalized spacial score (nSPS) is 10.2. The van der Waals surface area contributed by atoms with Crippen molar-refractivity contribution in [1.29, 1.82) is 0 Å². The van der Waals surface area contributed by atoms with Crippen LogP contribution in [-0.4, -0.2) is 22.4 Å². The van der Waals surface area contributed by atoms with Gasteiger partial charge in [0.1, 0.15) is 5.75 Å². The molecule has 0 N–H and O–H groups in total. The lowest BCUT2D eigenvalue weighted by molar-refractivity contribution is 0.103. The Hall–Kier alpha value is -2.23. The van der Waals surface area contributed by atoms with Gasteiger partial charge in [-0.15, -0.1) is 0 Å². The molecule has 2 aromatic rings. The first-order chi connectivity index (χ1) is 9.22. The smallest absolute Gasteiger partial charge is 0.196 e. The van der Waals surface area contributed by atoms with Gasteiger partial charge in [-0.2, -0.15) is 0 Å². The van der Waals surface area contributed by atoms with E-state index >= 15 is 0 Å². The molecule has 4 heteroatoms. The summed E-state index contributed by atoms with van der Waals surface area (Å²) in [6.07, 6.45) is 5.75. The van der Waals surface area contributed by atoms with E-state index in [1.165, 1.54) is 0 Å². The highest BCUT2D eigenvalue weighted by atomic mass is 16.5. The Labute approximate surface area is 112 Å². The van der Waals surface area contributed by atoms with Gasteiger partial charge in [0.2, 0.25) is 0 Å². The summed E-state index contributed by atoms with van der Waals surface area (Å²) >= 11 is 0. The highest BCUT2D eigenvalue weighted by molar-refractivity contribution is 6.09. The third kappa shape index (κ3) is 3.16. The van der Waals surface area contributed by atoms with E-state index in [2.05, 4.69) is 9.97 Å². The number of nitrogens with zero attached hydrogens (tertiary/aromatic N) is 2. The molecule has 0 aliphatic heterocycles. The first-order valence-electron chi connectivity index (χ1n) is 6.26. The molecule has 2 aromatic heterocycles. The molecule has 0 unspecified atom stereocenters. The molecule has 0 saturated heterocycles. The van der Waals surface area contributed by atoms with E-state index in [4.69, 9.17) is 4.74 Å². The van der Waals surface area contributed by atoms with Crippen LogP contribution in [0.2, 0.25) is 0 Å². The van der Waals surface area contributed by atoms with Gasteiger partial charge >= 0.3 is 0 Å². The molecule has 0 aliphatic rings. The summed E-state index contributed by atoms with van der Waals surface area (Å²) in [7, 11) is 0. The molecule has 0 spiro atoms. The highest BCUT2D eigenvalue weighted by Crippen LogP contribution is 2.16. The number of pyridine rings is 2. The second-order valence-corrected chi connectivity index (χ2v) is 4.22. The average molecular weight is 256 g/mol. The van der Waals surface area contributed by atoms with Gasteiger partial charge in [-0.1, -0.05) is 6.92 Å². The molecule has 2 heterocycles. The van der Waals surface area contributed by atoms with Crippen LogP contribution in [0.25, 0.3) is 0 Å². The van der Waals surface area contributed by atoms with E-state index in [1.54, 1.807) is 36.8 Å². The van der Waals surface area contributed by atoms with Crippen LogP contribution in [0.1, 0.15) is 35.0 Å². The molecule has 0 aliphatic carbocycles. The number of ether oxygens (including phenoxy) is 1. The Morgan fingerprint density at radius 1 is 1.37 bits per heavy atom. The number of carbonyl (C=O) groups is 1. The van der Waals surface area contributed by atoms with Crippen molar-refractivity contribution in [1.82, 2.24) is 9.97 Å². The van der Waals surface area contributed by atoms with Gasteiger partial charge in [0.15, 0.2) is 5.78 Å². The summed E-state index contributed by atoms with van der Waals surface area (Å²) < 4.78 is 5.48. The maximum atomic E-state index is 12.4. The van der Waals surface area contributed by atoms with Crippen molar-refractivity contribution in [3.05, 3.63) is 53.6 Å². The van der Waals surface area contributed by atoms with E-state index in [0.29, 0.717) is 29.2 Å². The van der Waals surface area contributed by atoms with Crippen LogP contribution >= 0.6 is 0 Å². The summed E-state index contributed by atoms with van der Waals surface area (Å²) in [5, 5.41) is 0. The number of aromatic nitrogens is 2. The molecule has 19 heavy (non-hydrogen) atoms. The lowest BCUT2D eigenvalue weighted by Gasteiger charge is -2.07. The molecule has 98 valence electrons. The summed E-state index contributed by atoms with van der Waals surface area (Å²) in [6.45, 7) is 4.46. The van der Waals surface area contributed by atoms with Crippen molar-refractivity contribution in [3.8, 4) is 5.75 Å². The lowest BCUT2D eigenvalue weighted by atomic mass is 10.0. The highest BCUT2D eigenvalue weighted by Gasteiger charge is 2.13.